The molecule has 0 bridgehead atoms. The fraction of sp³-hybridized carbons (Fsp3) is 0.629. The fourth-order valence-electron chi connectivity index (χ4n) is 7.04. The van der Waals surface area contributed by atoms with Crippen LogP contribution in [0, 0.1) is 23.7 Å². The van der Waals surface area contributed by atoms with Gasteiger partial charge < -0.3 is 14.4 Å². The van der Waals surface area contributed by atoms with Crippen LogP contribution in [-0.4, -0.2) is 74.2 Å². The highest BCUT2D eigenvalue weighted by Gasteiger charge is 2.43. The van der Waals surface area contributed by atoms with Gasteiger partial charge in [-0.1, -0.05) is 11.6 Å². The molecule has 1 atom stereocenters. The lowest BCUT2D eigenvalue weighted by molar-refractivity contribution is 0.0130. The van der Waals surface area contributed by atoms with Gasteiger partial charge in [0.25, 0.3) is 15.9 Å². The molecule has 1 N–H and O–H groups in total. The summed E-state index contributed by atoms with van der Waals surface area (Å²) in [7, 11) is -4.28. The molecule has 0 aromatic carbocycles. The molecule has 3 fully saturated rings. The molecule has 1 saturated heterocycles. The normalized spacial score (nSPS) is 19.2. The van der Waals surface area contributed by atoms with E-state index in [-0.39, 0.29) is 33.3 Å². The molecule has 1 aliphatic heterocycles. The molecule has 2 amide bonds. The molecular formula is C35H48ClN7O6S. The lowest BCUT2D eigenvalue weighted by Gasteiger charge is -2.33. The molecule has 13 nitrogen and oxygen atoms in total. The maximum absolute atomic E-state index is 13.0. The first-order chi connectivity index (χ1) is 23.6. The molecule has 50 heavy (non-hydrogen) atoms. The van der Waals surface area contributed by atoms with E-state index in [2.05, 4.69) is 15.2 Å². The van der Waals surface area contributed by atoms with Gasteiger partial charge >= 0.3 is 6.09 Å². The van der Waals surface area contributed by atoms with Crippen LogP contribution in [0.2, 0.25) is 5.15 Å². The average Bonchev–Trinajstić information content (AvgIpc) is 3.92. The van der Waals surface area contributed by atoms with Gasteiger partial charge in [0.05, 0.1) is 12.2 Å². The second-order valence-electron chi connectivity index (χ2n) is 15.5. The number of hydrogen-bond acceptors (Lipinski definition) is 9. The molecule has 4 heterocycles. The molecular weight excluding hydrogens is 682 g/mol. The molecule has 6 rings (SSSR count). The first-order valence-electron chi connectivity index (χ1n) is 17.5. The van der Waals surface area contributed by atoms with Crippen molar-refractivity contribution < 1.29 is 27.5 Å². The van der Waals surface area contributed by atoms with Crippen molar-refractivity contribution in [3.8, 4) is 11.7 Å². The van der Waals surface area contributed by atoms with Crippen molar-refractivity contribution in [3.63, 3.8) is 0 Å². The number of rotatable bonds is 14. The lowest BCUT2D eigenvalue weighted by atomic mass is 9.93. The van der Waals surface area contributed by atoms with E-state index in [1.807, 2.05) is 39.3 Å². The number of likely N-dealkylation sites (tertiary alicyclic amines) is 1. The van der Waals surface area contributed by atoms with Crippen molar-refractivity contribution in [2.24, 2.45) is 23.7 Å². The first-order valence-corrected chi connectivity index (χ1v) is 19.4. The van der Waals surface area contributed by atoms with Crippen LogP contribution in [-0.2, 0) is 21.3 Å². The van der Waals surface area contributed by atoms with Crippen LogP contribution < -0.4 is 9.46 Å². The second-order valence-corrected chi connectivity index (χ2v) is 17.5. The fourth-order valence-corrected chi connectivity index (χ4v) is 8.19. The molecule has 272 valence electrons. The van der Waals surface area contributed by atoms with Crippen LogP contribution in [0.15, 0.2) is 41.7 Å². The number of nitrogens with one attached hydrogen (secondary N) is 1. The van der Waals surface area contributed by atoms with E-state index in [1.165, 1.54) is 53.2 Å². The van der Waals surface area contributed by atoms with Crippen molar-refractivity contribution in [2.75, 3.05) is 13.2 Å². The predicted molar refractivity (Wildman–Crippen MR) is 187 cm³/mol. The number of halogens is 1. The minimum Gasteiger partial charge on any atom is -0.477 e. The van der Waals surface area contributed by atoms with Crippen LogP contribution in [0.5, 0.6) is 5.88 Å². The number of aromatic nitrogens is 5. The third-order valence-corrected chi connectivity index (χ3v) is 11.2. The number of carbonyl (C=O) groups excluding carboxylic acids is 2. The van der Waals surface area contributed by atoms with Gasteiger partial charge in [0.1, 0.15) is 10.8 Å². The highest BCUT2D eigenvalue weighted by molar-refractivity contribution is 7.90. The Labute approximate surface area is 299 Å². The summed E-state index contributed by atoms with van der Waals surface area (Å²) >= 11 is 6.34. The third kappa shape index (κ3) is 8.98. The number of nitrogens with zero attached hydrogens (tertiary/aromatic N) is 6. The van der Waals surface area contributed by atoms with Crippen LogP contribution in [0.25, 0.3) is 5.82 Å². The van der Waals surface area contributed by atoms with Crippen molar-refractivity contribution >= 4 is 33.6 Å². The summed E-state index contributed by atoms with van der Waals surface area (Å²) in [5, 5.41) is 8.17. The summed E-state index contributed by atoms with van der Waals surface area (Å²) in [5.74, 6) is 2.69. The zero-order chi connectivity index (χ0) is 35.8. The lowest BCUT2D eigenvalue weighted by Crippen LogP contribution is -2.45. The highest BCUT2D eigenvalue weighted by atomic mass is 35.5. The monoisotopic (exact) mass is 729 g/mol. The SMILES string of the molecule is CC(C)(C)OC(=O)N1C[C@@H](CCCn2ccc(S(=O)(=O)NC(=O)c3ccc(-n4ccc(OCCC(C5CC5)C5CC5)n4)nc3Cl)n2)CC1(C)C. The zero-order valence-electron chi connectivity index (χ0n) is 29.5. The van der Waals surface area contributed by atoms with E-state index < -0.39 is 21.5 Å². The smallest absolute Gasteiger partial charge is 0.410 e. The van der Waals surface area contributed by atoms with E-state index in [0.29, 0.717) is 31.4 Å². The predicted octanol–water partition coefficient (Wildman–Crippen LogP) is 6.26. The molecule has 0 radical (unpaired) electrons. The van der Waals surface area contributed by atoms with E-state index in [4.69, 9.17) is 21.1 Å². The van der Waals surface area contributed by atoms with Gasteiger partial charge in [-0.3, -0.25) is 9.48 Å². The summed E-state index contributed by atoms with van der Waals surface area (Å²) in [6.45, 7) is 11.3. The molecule has 15 heteroatoms. The topological polar surface area (TPSA) is 151 Å². The van der Waals surface area contributed by atoms with Gasteiger partial charge in [-0.25, -0.2) is 19.2 Å². The van der Waals surface area contributed by atoms with Crippen molar-refractivity contribution in [1.82, 2.24) is 34.2 Å². The third-order valence-electron chi connectivity index (χ3n) is 9.73. The number of sulfonamides is 1. The summed E-state index contributed by atoms with van der Waals surface area (Å²) in [6.07, 6.45) is 11.8. The number of ether oxygens (including phenoxy) is 2. The van der Waals surface area contributed by atoms with E-state index >= 15 is 0 Å². The Hall–Kier alpha value is -3.65. The molecule has 2 saturated carbocycles. The number of carbonyl (C=O) groups is 2. The second kappa shape index (κ2) is 14.2. The maximum atomic E-state index is 13.0. The summed E-state index contributed by atoms with van der Waals surface area (Å²) in [4.78, 5) is 31.8. The number of hydrogen-bond donors (Lipinski definition) is 1. The van der Waals surface area contributed by atoms with Crippen molar-refractivity contribution in [2.45, 2.75) is 109 Å². The van der Waals surface area contributed by atoms with E-state index in [9.17, 15) is 18.0 Å². The van der Waals surface area contributed by atoms with Crippen molar-refractivity contribution in [3.05, 3.63) is 47.4 Å². The molecule has 0 spiro atoms. The molecule has 3 aromatic heterocycles. The van der Waals surface area contributed by atoms with Gasteiger partial charge in [0.15, 0.2) is 10.8 Å². The minimum atomic E-state index is -4.28. The number of pyridine rings is 1. The Morgan fingerprint density at radius 2 is 1.78 bits per heavy atom. The van der Waals surface area contributed by atoms with Gasteiger partial charge in [-0.2, -0.15) is 13.5 Å². The Bertz CT molecular complexity index is 1800. The maximum Gasteiger partial charge on any atom is 0.410 e. The van der Waals surface area contributed by atoms with E-state index in [1.54, 1.807) is 23.4 Å². The Balaban J connectivity index is 0.981. The van der Waals surface area contributed by atoms with Gasteiger partial charge in [-0.15, -0.1) is 5.10 Å². The van der Waals surface area contributed by atoms with Gasteiger partial charge in [-0.05, 0) is 128 Å². The average molecular weight is 730 g/mol. The minimum absolute atomic E-state index is 0.104. The largest absolute Gasteiger partial charge is 0.477 e. The van der Waals surface area contributed by atoms with Crippen molar-refractivity contribution in [1.29, 1.82) is 0 Å². The van der Waals surface area contributed by atoms with Crippen LogP contribution in [0.1, 0.15) is 96.3 Å². The molecule has 0 unspecified atom stereocenters. The Morgan fingerprint density at radius 1 is 1.06 bits per heavy atom. The van der Waals surface area contributed by atoms with Crippen LogP contribution in [0.3, 0.4) is 0 Å². The molecule has 3 aromatic rings. The summed E-state index contributed by atoms with van der Waals surface area (Å²) < 4.78 is 42.7. The summed E-state index contributed by atoms with van der Waals surface area (Å²) in [5.41, 5.74) is -0.985. The standard InChI is InChI=1S/C35H48ClN7O6S/c1-34(2,3)49-33(45)42-22-23(21-35(42,4)5)7-6-17-41-18-15-30(39-41)50(46,47)40-32(44)27-12-13-28(37-31(27)36)43-19-14-29(38-43)48-20-16-26(24-8-9-24)25-10-11-25/h12-15,18-19,23-26H,6-11,16-17,20-22H2,1-5H3,(H,40,44)/t23-/m0/s1. The number of aryl methyl sites for hydroxylation is 1. The highest BCUT2D eigenvalue weighted by Crippen LogP contribution is 2.50. The van der Waals surface area contributed by atoms with Crippen LogP contribution >= 0.6 is 11.6 Å². The van der Waals surface area contributed by atoms with Gasteiger partial charge in [0, 0.05) is 37.1 Å². The Morgan fingerprint density at radius 3 is 2.44 bits per heavy atom. The molecule has 3 aliphatic rings. The number of amides is 2. The quantitative estimate of drug-likeness (QED) is 0.190. The zero-order valence-corrected chi connectivity index (χ0v) is 31.0. The first kappa shape index (κ1) is 36.2. The van der Waals surface area contributed by atoms with Gasteiger partial charge in [0.2, 0.25) is 5.88 Å². The summed E-state index contributed by atoms with van der Waals surface area (Å²) in [6, 6.07) is 6.03. The Kier molecular flexibility index (Phi) is 10.2. The van der Waals surface area contributed by atoms with E-state index in [0.717, 1.165) is 43.4 Å². The molecule has 2 aliphatic carbocycles. The van der Waals surface area contributed by atoms with Crippen LogP contribution in [0.4, 0.5) is 4.79 Å².